The highest BCUT2D eigenvalue weighted by Gasteiger charge is 2.51. The van der Waals surface area contributed by atoms with E-state index < -0.39 is 5.41 Å². The van der Waals surface area contributed by atoms with E-state index in [1.807, 2.05) is 48.5 Å². The molecule has 25 heavy (non-hydrogen) atoms. The van der Waals surface area contributed by atoms with E-state index in [0.717, 1.165) is 33.5 Å². The van der Waals surface area contributed by atoms with Gasteiger partial charge >= 0.3 is 0 Å². The zero-order chi connectivity index (χ0) is 18.0. The van der Waals surface area contributed by atoms with Crippen molar-refractivity contribution < 1.29 is 9.59 Å². The van der Waals surface area contributed by atoms with Crippen LogP contribution in [0.25, 0.3) is 0 Å². The molecule has 1 fully saturated rings. The molecule has 4 nitrogen and oxygen atoms in total. The summed E-state index contributed by atoms with van der Waals surface area (Å²) in [5.41, 5.74) is 1.39. The highest BCUT2D eigenvalue weighted by Crippen LogP contribution is 2.49. The van der Waals surface area contributed by atoms with Gasteiger partial charge in [-0.25, -0.2) is 0 Å². The molecule has 1 saturated carbocycles. The molecule has 2 amide bonds. The number of anilines is 1. The number of thioether (sulfide) groups is 1. The Morgan fingerprint density at radius 1 is 1.04 bits per heavy atom. The summed E-state index contributed by atoms with van der Waals surface area (Å²) in [6, 6.07) is 15.3. The normalized spacial score (nSPS) is 14.7. The molecule has 0 atom stereocenters. The summed E-state index contributed by atoms with van der Waals surface area (Å²) in [4.78, 5) is 26.8. The first-order chi connectivity index (χ1) is 11.9. The van der Waals surface area contributed by atoms with Gasteiger partial charge in [0, 0.05) is 29.2 Å². The Morgan fingerprint density at radius 3 is 2.16 bits per heavy atom. The van der Waals surface area contributed by atoms with E-state index in [-0.39, 0.29) is 11.1 Å². The highest BCUT2D eigenvalue weighted by molar-refractivity contribution is 9.10. The van der Waals surface area contributed by atoms with Crippen molar-refractivity contribution in [3.05, 3.63) is 58.6 Å². The second-order valence-electron chi connectivity index (χ2n) is 6.33. The number of hydrogen-bond donors (Lipinski definition) is 1. The number of nitrogens with one attached hydrogen (secondary N) is 1. The van der Waals surface area contributed by atoms with Crippen LogP contribution in [0.1, 0.15) is 18.4 Å². The van der Waals surface area contributed by atoms with E-state index in [1.54, 1.807) is 14.1 Å². The number of hydrogen-bond acceptors (Lipinski definition) is 3. The minimum absolute atomic E-state index is 0.0241. The van der Waals surface area contributed by atoms with E-state index in [9.17, 15) is 9.59 Å². The standard InChI is InChI=1S/C19H19BrN2O2S/c1-22(2)18(24)25-16-9-7-15(8-10-16)21-17(23)19(11-12-19)13-3-5-14(20)6-4-13/h3-10H,11-12H2,1-2H3,(H,21,23). The second kappa shape index (κ2) is 7.22. The molecule has 0 heterocycles. The van der Waals surface area contributed by atoms with Gasteiger partial charge in [-0.1, -0.05) is 28.1 Å². The first kappa shape index (κ1) is 18.0. The summed E-state index contributed by atoms with van der Waals surface area (Å²) < 4.78 is 1.01. The van der Waals surface area contributed by atoms with Gasteiger partial charge in [0.15, 0.2) is 0 Å². The van der Waals surface area contributed by atoms with Crippen LogP contribution < -0.4 is 5.32 Å². The molecule has 2 aromatic carbocycles. The number of halogens is 1. The van der Waals surface area contributed by atoms with Crippen LogP contribution in [0.5, 0.6) is 0 Å². The van der Waals surface area contributed by atoms with Gasteiger partial charge in [0.1, 0.15) is 0 Å². The minimum Gasteiger partial charge on any atom is -0.339 e. The molecule has 0 spiro atoms. The van der Waals surface area contributed by atoms with Crippen LogP contribution in [0.3, 0.4) is 0 Å². The monoisotopic (exact) mass is 418 g/mol. The lowest BCUT2D eigenvalue weighted by Crippen LogP contribution is -2.27. The molecule has 1 N–H and O–H groups in total. The Morgan fingerprint density at radius 2 is 1.64 bits per heavy atom. The SMILES string of the molecule is CN(C)C(=O)Sc1ccc(NC(=O)C2(c3ccc(Br)cc3)CC2)cc1. The first-order valence-corrected chi connectivity index (χ1v) is 9.58. The predicted molar refractivity (Wildman–Crippen MR) is 105 cm³/mol. The van der Waals surface area contributed by atoms with Crippen LogP contribution >= 0.6 is 27.7 Å². The topological polar surface area (TPSA) is 49.4 Å². The lowest BCUT2D eigenvalue weighted by molar-refractivity contribution is -0.118. The molecule has 3 rings (SSSR count). The number of carbonyl (C=O) groups excluding carboxylic acids is 2. The Bertz CT molecular complexity index is 784. The van der Waals surface area contributed by atoms with Gasteiger partial charge in [0.25, 0.3) is 5.24 Å². The summed E-state index contributed by atoms with van der Waals surface area (Å²) in [5.74, 6) is 0.0274. The van der Waals surface area contributed by atoms with E-state index in [4.69, 9.17) is 0 Å². The predicted octanol–water partition coefficient (Wildman–Crippen LogP) is 4.89. The largest absolute Gasteiger partial charge is 0.339 e. The Balaban J connectivity index is 1.67. The molecule has 0 saturated heterocycles. The molecule has 0 unspecified atom stereocenters. The van der Waals surface area contributed by atoms with Crippen molar-refractivity contribution in [3.8, 4) is 0 Å². The molecule has 130 valence electrons. The van der Waals surface area contributed by atoms with Crippen LogP contribution in [0, 0.1) is 0 Å². The maximum atomic E-state index is 12.7. The summed E-state index contributed by atoms with van der Waals surface area (Å²) in [6.45, 7) is 0. The zero-order valence-corrected chi connectivity index (χ0v) is 16.5. The van der Waals surface area contributed by atoms with Gasteiger partial charge in [-0.2, -0.15) is 0 Å². The van der Waals surface area contributed by atoms with Gasteiger partial charge in [-0.05, 0) is 66.6 Å². The average Bonchev–Trinajstić information content (AvgIpc) is 3.39. The molecule has 6 heteroatoms. The fraction of sp³-hybridized carbons (Fsp3) is 0.263. The van der Waals surface area contributed by atoms with Crippen LogP contribution in [-0.2, 0) is 10.2 Å². The summed E-state index contributed by atoms with van der Waals surface area (Å²) in [7, 11) is 3.45. The molecule has 0 aromatic heterocycles. The van der Waals surface area contributed by atoms with Gasteiger partial charge in [-0.15, -0.1) is 0 Å². The maximum absolute atomic E-state index is 12.7. The third-order valence-electron chi connectivity index (χ3n) is 4.26. The van der Waals surface area contributed by atoms with Crippen molar-refractivity contribution in [2.45, 2.75) is 23.2 Å². The van der Waals surface area contributed by atoms with Gasteiger partial charge in [0.2, 0.25) is 5.91 Å². The van der Waals surface area contributed by atoms with E-state index in [2.05, 4.69) is 21.2 Å². The smallest absolute Gasteiger partial charge is 0.285 e. The molecule has 1 aliphatic rings. The van der Waals surface area contributed by atoms with Gasteiger partial charge < -0.3 is 10.2 Å². The zero-order valence-electron chi connectivity index (χ0n) is 14.1. The van der Waals surface area contributed by atoms with E-state index in [0.29, 0.717) is 0 Å². The summed E-state index contributed by atoms with van der Waals surface area (Å²) >= 11 is 4.59. The first-order valence-electron chi connectivity index (χ1n) is 7.97. The van der Waals surface area contributed by atoms with Crippen molar-refractivity contribution in [2.24, 2.45) is 0 Å². The Labute approximate surface area is 160 Å². The van der Waals surface area contributed by atoms with Crippen molar-refractivity contribution >= 4 is 44.5 Å². The van der Waals surface area contributed by atoms with Crippen molar-refractivity contribution in [1.29, 1.82) is 0 Å². The Kier molecular flexibility index (Phi) is 5.20. The Hall–Kier alpha value is -1.79. The fourth-order valence-corrected chi connectivity index (χ4v) is 3.51. The van der Waals surface area contributed by atoms with Gasteiger partial charge in [0.05, 0.1) is 5.41 Å². The summed E-state index contributed by atoms with van der Waals surface area (Å²) in [5, 5.41) is 2.98. The average molecular weight is 419 g/mol. The molecule has 0 radical (unpaired) electrons. The fourth-order valence-electron chi connectivity index (χ4n) is 2.59. The molecule has 2 aromatic rings. The molecular formula is C19H19BrN2O2S. The number of carbonyl (C=O) groups is 2. The minimum atomic E-state index is -0.408. The number of rotatable bonds is 4. The van der Waals surface area contributed by atoms with Crippen molar-refractivity contribution in [1.82, 2.24) is 4.90 Å². The number of amides is 2. The highest BCUT2D eigenvalue weighted by atomic mass is 79.9. The van der Waals surface area contributed by atoms with Crippen molar-refractivity contribution in [2.75, 3.05) is 19.4 Å². The van der Waals surface area contributed by atoms with Crippen LogP contribution in [0.4, 0.5) is 10.5 Å². The van der Waals surface area contributed by atoms with Crippen LogP contribution in [0.15, 0.2) is 57.9 Å². The van der Waals surface area contributed by atoms with Crippen LogP contribution in [0.2, 0.25) is 0 Å². The van der Waals surface area contributed by atoms with E-state index >= 15 is 0 Å². The second-order valence-corrected chi connectivity index (χ2v) is 8.27. The van der Waals surface area contributed by atoms with E-state index in [1.165, 1.54) is 16.7 Å². The van der Waals surface area contributed by atoms with Gasteiger partial charge in [-0.3, -0.25) is 9.59 Å². The number of nitrogens with zero attached hydrogens (tertiary/aromatic N) is 1. The lowest BCUT2D eigenvalue weighted by Gasteiger charge is -2.16. The van der Waals surface area contributed by atoms with Crippen LogP contribution in [-0.4, -0.2) is 30.1 Å². The molecular weight excluding hydrogens is 400 g/mol. The number of benzene rings is 2. The molecule has 0 aliphatic heterocycles. The summed E-state index contributed by atoms with van der Waals surface area (Å²) in [6.07, 6.45) is 1.73. The third kappa shape index (κ3) is 4.07. The third-order valence-corrected chi connectivity index (χ3v) is 5.84. The van der Waals surface area contributed by atoms with Crippen molar-refractivity contribution in [3.63, 3.8) is 0 Å². The maximum Gasteiger partial charge on any atom is 0.285 e. The quantitative estimate of drug-likeness (QED) is 0.718. The lowest BCUT2D eigenvalue weighted by atomic mass is 9.95. The molecule has 0 bridgehead atoms. The molecule has 1 aliphatic carbocycles.